The van der Waals surface area contributed by atoms with Gasteiger partial charge in [-0.05, 0) is 19.3 Å². The molecule has 0 N–H and O–H groups in total. The lowest BCUT2D eigenvalue weighted by atomic mass is 10.2. The van der Waals surface area contributed by atoms with E-state index in [4.69, 9.17) is 0 Å². The number of likely N-dealkylation sites (tertiary alicyclic amines) is 1. The van der Waals surface area contributed by atoms with Crippen LogP contribution in [0.25, 0.3) is 0 Å². The lowest BCUT2D eigenvalue weighted by Crippen LogP contribution is -2.18. The van der Waals surface area contributed by atoms with E-state index in [1.807, 2.05) is 0 Å². The summed E-state index contributed by atoms with van der Waals surface area (Å²) >= 11 is 0. The van der Waals surface area contributed by atoms with Crippen molar-refractivity contribution in [3.8, 4) is 0 Å². The molecule has 0 atom stereocenters. The summed E-state index contributed by atoms with van der Waals surface area (Å²) in [7, 11) is 0. The third kappa shape index (κ3) is 2.57. The van der Waals surface area contributed by atoms with E-state index in [9.17, 15) is 0 Å². The Balaban J connectivity index is 2.10. The van der Waals surface area contributed by atoms with Gasteiger partial charge < -0.3 is 4.90 Å². The Bertz CT molecular complexity index is 129. The molecule has 0 aliphatic carbocycles. The summed E-state index contributed by atoms with van der Waals surface area (Å²) in [6.07, 6.45) is 6.58. The molecule has 1 rings (SSSR count). The standard InChI is InChI=1S/C10H19N/c1-3-4-5-8-11-9-6-7-10(11)2/h2-9H2,1H3. The Kier molecular flexibility index (Phi) is 3.47. The normalized spacial score (nSPS) is 17.9. The molecular weight excluding hydrogens is 134 g/mol. The fraction of sp³-hybridized carbons (Fsp3) is 0.800. The molecule has 0 saturated carbocycles. The van der Waals surface area contributed by atoms with E-state index in [-0.39, 0.29) is 0 Å². The molecule has 0 aromatic rings. The minimum Gasteiger partial charge on any atom is -0.375 e. The van der Waals surface area contributed by atoms with E-state index in [0.29, 0.717) is 0 Å². The van der Waals surface area contributed by atoms with Crippen molar-refractivity contribution in [1.29, 1.82) is 0 Å². The fourth-order valence-electron chi connectivity index (χ4n) is 1.61. The van der Waals surface area contributed by atoms with Gasteiger partial charge in [0.15, 0.2) is 0 Å². The van der Waals surface area contributed by atoms with Crippen molar-refractivity contribution in [2.24, 2.45) is 0 Å². The van der Waals surface area contributed by atoms with Crippen LogP contribution in [0.1, 0.15) is 39.0 Å². The van der Waals surface area contributed by atoms with Crippen LogP contribution in [0, 0.1) is 0 Å². The summed E-state index contributed by atoms with van der Waals surface area (Å²) in [6, 6.07) is 0. The second-order valence-electron chi connectivity index (χ2n) is 3.36. The van der Waals surface area contributed by atoms with Crippen molar-refractivity contribution in [1.82, 2.24) is 4.90 Å². The van der Waals surface area contributed by atoms with Crippen molar-refractivity contribution in [3.05, 3.63) is 12.3 Å². The molecule has 11 heavy (non-hydrogen) atoms. The smallest absolute Gasteiger partial charge is 0.0178 e. The predicted octanol–water partition coefficient (Wildman–Crippen LogP) is 2.79. The second-order valence-corrected chi connectivity index (χ2v) is 3.36. The van der Waals surface area contributed by atoms with E-state index < -0.39 is 0 Å². The Hall–Kier alpha value is -0.460. The van der Waals surface area contributed by atoms with Crippen LogP contribution >= 0.6 is 0 Å². The quantitative estimate of drug-likeness (QED) is 0.561. The largest absolute Gasteiger partial charge is 0.375 e. The van der Waals surface area contributed by atoms with Crippen molar-refractivity contribution in [2.45, 2.75) is 39.0 Å². The minimum atomic E-state index is 1.23. The third-order valence-corrected chi connectivity index (χ3v) is 2.37. The molecule has 1 heteroatoms. The van der Waals surface area contributed by atoms with Gasteiger partial charge in [-0.2, -0.15) is 0 Å². The van der Waals surface area contributed by atoms with Crippen LogP contribution in [0.15, 0.2) is 12.3 Å². The highest BCUT2D eigenvalue weighted by atomic mass is 15.1. The molecule has 1 nitrogen and oxygen atoms in total. The highest BCUT2D eigenvalue weighted by molar-refractivity contribution is 4.98. The van der Waals surface area contributed by atoms with Gasteiger partial charge in [-0.15, -0.1) is 0 Å². The van der Waals surface area contributed by atoms with Gasteiger partial charge in [0, 0.05) is 18.8 Å². The molecule has 64 valence electrons. The van der Waals surface area contributed by atoms with Crippen LogP contribution in [0.3, 0.4) is 0 Å². The molecular formula is C10H19N. The van der Waals surface area contributed by atoms with Gasteiger partial charge in [0.05, 0.1) is 0 Å². The first-order valence-electron chi connectivity index (χ1n) is 4.77. The zero-order chi connectivity index (χ0) is 8.10. The third-order valence-electron chi connectivity index (χ3n) is 2.37. The summed E-state index contributed by atoms with van der Waals surface area (Å²) in [5.41, 5.74) is 1.36. The summed E-state index contributed by atoms with van der Waals surface area (Å²) in [6.45, 7) is 8.78. The molecule has 0 aromatic carbocycles. The van der Waals surface area contributed by atoms with Crippen LogP contribution in [-0.2, 0) is 0 Å². The molecule has 0 aromatic heterocycles. The summed E-state index contributed by atoms with van der Waals surface area (Å²) in [5.74, 6) is 0. The minimum absolute atomic E-state index is 1.23. The van der Waals surface area contributed by atoms with Crippen LogP contribution < -0.4 is 0 Å². The fourth-order valence-corrected chi connectivity index (χ4v) is 1.61. The van der Waals surface area contributed by atoms with Gasteiger partial charge in [-0.3, -0.25) is 0 Å². The van der Waals surface area contributed by atoms with Gasteiger partial charge in [0.1, 0.15) is 0 Å². The molecule has 1 heterocycles. The SMILES string of the molecule is C=C1CCCN1CCCCC. The van der Waals surface area contributed by atoms with Crippen LogP contribution in [0.5, 0.6) is 0 Å². The molecule has 0 spiro atoms. The lowest BCUT2D eigenvalue weighted by molar-refractivity contribution is 0.380. The lowest BCUT2D eigenvalue weighted by Gasteiger charge is -2.18. The number of nitrogens with zero attached hydrogens (tertiary/aromatic N) is 1. The number of hydrogen-bond acceptors (Lipinski definition) is 1. The Morgan fingerprint density at radius 3 is 2.82 bits per heavy atom. The number of rotatable bonds is 4. The predicted molar refractivity (Wildman–Crippen MR) is 49.5 cm³/mol. The molecule has 1 aliphatic rings. The number of hydrogen-bond donors (Lipinski definition) is 0. The first-order valence-corrected chi connectivity index (χ1v) is 4.77. The van der Waals surface area contributed by atoms with Gasteiger partial charge >= 0.3 is 0 Å². The van der Waals surface area contributed by atoms with Gasteiger partial charge in [-0.1, -0.05) is 26.3 Å². The average molecular weight is 153 g/mol. The zero-order valence-corrected chi connectivity index (χ0v) is 7.60. The summed E-state index contributed by atoms with van der Waals surface area (Å²) < 4.78 is 0. The van der Waals surface area contributed by atoms with Crippen molar-refractivity contribution in [2.75, 3.05) is 13.1 Å². The molecule has 0 amide bonds. The molecule has 1 fully saturated rings. The average Bonchev–Trinajstić information content (AvgIpc) is 2.37. The Labute approximate surface area is 70.1 Å². The van der Waals surface area contributed by atoms with Crippen molar-refractivity contribution in [3.63, 3.8) is 0 Å². The molecule has 0 unspecified atom stereocenters. The Morgan fingerprint density at radius 2 is 2.27 bits per heavy atom. The summed E-state index contributed by atoms with van der Waals surface area (Å²) in [5, 5.41) is 0. The van der Waals surface area contributed by atoms with E-state index in [0.717, 1.165) is 0 Å². The molecule has 0 radical (unpaired) electrons. The maximum atomic E-state index is 4.04. The Morgan fingerprint density at radius 1 is 1.45 bits per heavy atom. The number of allylic oxidation sites excluding steroid dienone is 1. The number of unbranched alkanes of at least 4 members (excludes halogenated alkanes) is 2. The van der Waals surface area contributed by atoms with Crippen molar-refractivity contribution < 1.29 is 0 Å². The molecule has 1 saturated heterocycles. The monoisotopic (exact) mass is 153 g/mol. The van der Waals surface area contributed by atoms with Gasteiger partial charge in [0.2, 0.25) is 0 Å². The van der Waals surface area contributed by atoms with Crippen molar-refractivity contribution >= 4 is 0 Å². The van der Waals surface area contributed by atoms with E-state index in [1.54, 1.807) is 0 Å². The van der Waals surface area contributed by atoms with Crippen LogP contribution in [0.4, 0.5) is 0 Å². The summed E-state index contributed by atoms with van der Waals surface area (Å²) in [4.78, 5) is 2.44. The van der Waals surface area contributed by atoms with Crippen LogP contribution in [0.2, 0.25) is 0 Å². The second kappa shape index (κ2) is 4.42. The highest BCUT2D eigenvalue weighted by Gasteiger charge is 2.12. The van der Waals surface area contributed by atoms with Crippen LogP contribution in [-0.4, -0.2) is 18.0 Å². The van der Waals surface area contributed by atoms with Gasteiger partial charge in [-0.25, -0.2) is 0 Å². The molecule has 1 aliphatic heterocycles. The maximum absolute atomic E-state index is 4.04. The maximum Gasteiger partial charge on any atom is 0.0178 e. The highest BCUT2D eigenvalue weighted by Crippen LogP contribution is 2.19. The van der Waals surface area contributed by atoms with E-state index >= 15 is 0 Å². The molecule has 0 bridgehead atoms. The zero-order valence-electron chi connectivity index (χ0n) is 7.60. The first kappa shape index (κ1) is 8.63. The first-order chi connectivity index (χ1) is 5.34. The van der Waals surface area contributed by atoms with E-state index in [2.05, 4.69) is 18.4 Å². The van der Waals surface area contributed by atoms with Gasteiger partial charge in [0.25, 0.3) is 0 Å². The topological polar surface area (TPSA) is 3.24 Å². The van der Waals surface area contributed by atoms with E-state index in [1.165, 1.54) is 50.9 Å².